The van der Waals surface area contributed by atoms with Gasteiger partial charge in [-0.05, 0) is 23.1 Å². The number of carbonyl (C=O) groups is 1. The largest absolute Gasteiger partial charge is 0.454 e. The van der Waals surface area contributed by atoms with Crippen molar-refractivity contribution in [1.82, 2.24) is 0 Å². The van der Waals surface area contributed by atoms with Crippen molar-refractivity contribution in [2.24, 2.45) is 5.73 Å². The van der Waals surface area contributed by atoms with Crippen molar-refractivity contribution in [2.45, 2.75) is 140 Å². The van der Waals surface area contributed by atoms with Crippen LogP contribution in [-0.4, -0.2) is 87.1 Å². The standard InChI is InChI=1S/C50H63NO11/c1-3-4-5-6-7-20-29-54-49-42(51)45(44-41(59-49)34-57-48(61-44)39-27-18-11-19-28-39)62-50-47(58-35(2)52)46(56-32-38-25-16-10-17-26-38)43(55-31-37-23-14-9-15-24-37)40(60-50)33-53-30-36-21-12-8-13-22-36/h8-19,21-28,40-50H,3-7,20,29-34,51H2,1-2H3/t40-,41-,42-,43+,44-,45-,46+,47-,48-,49-,50+/m1/s1. The second-order valence-corrected chi connectivity index (χ2v) is 16.2. The first-order valence-electron chi connectivity index (χ1n) is 22.2. The molecule has 0 aromatic heterocycles. The predicted molar refractivity (Wildman–Crippen MR) is 231 cm³/mol. The maximum Gasteiger partial charge on any atom is 0.303 e. The maximum atomic E-state index is 13.1. The van der Waals surface area contributed by atoms with E-state index in [0.29, 0.717) is 13.2 Å². The van der Waals surface area contributed by atoms with Crippen LogP contribution in [-0.2, 0) is 72.0 Å². The fourth-order valence-corrected chi connectivity index (χ4v) is 8.16. The van der Waals surface area contributed by atoms with Gasteiger partial charge < -0.3 is 53.1 Å². The van der Waals surface area contributed by atoms with Crippen LogP contribution >= 0.6 is 0 Å². The summed E-state index contributed by atoms with van der Waals surface area (Å²) in [6.07, 6.45) is -1.66. The Kier molecular flexibility index (Phi) is 17.9. The average Bonchev–Trinajstić information content (AvgIpc) is 3.30. The Labute approximate surface area is 366 Å². The van der Waals surface area contributed by atoms with Crippen LogP contribution in [0.1, 0.15) is 80.9 Å². The van der Waals surface area contributed by atoms with Gasteiger partial charge in [0, 0.05) is 19.1 Å². The summed E-state index contributed by atoms with van der Waals surface area (Å²) in [5.74, 6) is -0.540. The zero-order chi connectivity index (χ0) is 42.9. The van der Waals surface area contributed by atoms with Gasteiger partial charge in [0.1, 0.15) is 36.6 Å². The molecule has 0 unspecified atom stereocenters. The van der Waals surface area contributed by atoms with E-state index in [0.717, 1.165) is 41.5 Å². The summed E-state index contributed by atoms with van der Waals surface area (Å²) < 4.78 is 65.7. The van der Waals surface area contributed by atoms with Crippen molar-refractivity contribution >= 4 is 5.97 Å². The summed E-state index contributed by atoms with van der Waals surface area (Å²) in [6.45, 7) is 5.14. The third-order valence-corrected chi connectivity index (χ3v) is 11.4. The molecule has 0 bridgehead atoms. The van der Waals surface area contributed by atoms with Crippen molar-refractivity contribution in [1.29, 1.82) is 0 Å². The lowest BCUT2D eigenvalue weighted by molar-refractivity contribution is -0.380. The highest BCUT2D eigenvalue weighted by Gasteiger charge is 2.55. The molecule has 2 N–H and O–H groups in total. The lowest BCUT2D eigenvalue weighted by Gasteiger charge is -2.51. The van der Waals surface area contributed by atoms with E-state index in [2.05, 4.69) is 6.92 Å². The number of fused-ring (bicyclic) bond motifs is 1. The van der Waals surface area contributed by atoms with Gasteiger partial charge in [-0.3, -0.25) is 4.79 Å². The van der Waals surface area contributed by atoms with Crippen LogP contribution in [0.25, 0.3) is 0 Å². The van der Waals surface area contributed by atoms with E-state index < -0.39 is 73.6 Å². The molecule has 3 aliphatic heterocycles. The first-order chi connectivity index (χ1) is 30.5. The van der Waals surface area contributed by atoms with Gasteiger partial charge in [0.15, 0.2) is 25.0 Å². The molecular weight excluding hydrogens is 791 g/mol. The Morgan fingerprint density at radius 3 is 1.84 bits per heavy atom. The third-order valence-electron chi connectivity index (χ3n) is 11.4. The van der Waals surface area contributed by atoms with Gasteiger partial charge in [0.05, 0.1) is 39.1 Å². The fourth-order valence-electron chi connectivity index (χ4n) is 8.16. The molecule has 3 aliphatic rings. The number of hydrogen-bond donors (Lipinski definition) is 1. The lowest BCUT2D eigenvalue weighted by Crippen LogP contribution is -2.69. The van der Waals surface area contributed by atoms with E-state index in [4.69, 9.17) is 53.1 Å². The summed E-state index contributed by atoms with van der Waals surface area (Å²) in [6, 6.07) is 38.5. The number of benzene rings is 4. The normalized spacial score (nSPS) is 28.5. The molecule has 0 aliphatic carbocycles. The minimum atomic E-state index is -1.20. The molecule has 12 heteroatoms. The Bertz CT molecular complexity index is 1860. The van der Waals surface area contributed by atoms with Gasteiger partial charge in [0.25, 0.3) is 0 Å². The Morgan fingerprint density at radius 1 is 0.629 bits per heavy atom. The molecule has 7 rings (SSSR count). The summed E-state index contributed by atoms with van der Waals surface area (Å²) in [4.78, 5) is 13.1. The number of rotatable bonds is 22. The van der Waals surface area contributed by atoms with Gasteiger partial charge in [-0.2, -0.15) is 0 Å². The van der Waals surface area contributed by atoms with Gasteiger partial charge >= 0.3 is 5.97 Å². The van der Waals surface area contributed by atoms with Crippen molar-refractivity contribution < 1.29 is 52.2 Å². The molecule has 4 aromatic rings. The molecule has 0 saturated carbocycles. The molecule has 3 saturated heterocycles. The second kappa shape index (κ2) is 24.1. The summed E-state index contributed by atoms with van der Waals surface area (Å²) in [5, 5.41) is 0. The number of ether oxygens (including phenoxy) is 10. The number of nitrogens with two attached hydrogens (primary N) is 1. The molecule has 0 spiro atoms. The Balaban J connectivity index is 1.19. The zero-order valence-corrected chi connectivity index (χ0v) is 36.0. The van der Waals surface area contributed by atoms with Gasteiger partial charge in [0.2, 0.25) is 0 Å². The minimum Gasteiger partial charge on any atom is -0.454 e. The van der Waals surface area contributed by atoms with Crippen LogP contribution in [0.2, 0.25) is 0 Å². The van der Waals surface area contributed by atoms with Crippen LogP contribution in [0.15, 0.2) is 121 Å². The molecule has 334 valence electrons. The number of carbonyl (C=O) groups excluding carboxylic acids is 1. The SMILES string of the molecule is CCCCCCCCO[C@@H]1O[C@@H]2CO[C@@H](c3ccccc3)O[C@H]2[C@H](O[C@@H]2O[C@H](COCc3ccccc3)[C@H](OCc3ccccc3)[C@H](OCc3ccccc3)[C@H]2OC(C)=O)[C@H]1N. The van der Waals surface area contributed by atoms with Crippen LogP contribution < -0.4 is 5.73 Å². The van der Waals surface area contributed by atoms with E-state index >= 15 is 0 Å². The molecule has 11 atom stereocenters. The highest BCUT2D eigenvalue weighted by Crippen LogP contribution is 2.38. The average molecular weight is 854 g/mol. The highest BCUT2D eigenvalue weighted by atomic mass is 16.8. The van der Waals surface area contributed by atoms with E-state index in [-0.39, 0.29) is 26.4 Å². The lowest BCUT2D eigenvalue weighted by atomic mass is 9.94. The van der Waals surface area contributed by atoms with Gasteiger partial charge in [-0.25, -0.2) is 0 Å². The Morgan fingerprint density at radius 2 is 1.21 bits per heavy atom. The predicted octanol–water partition coefficient (Wildman–Crippen LogP) is 7.96. The third kappa shape index (κ3) is 13.0. The summed E-state index contributed by atoms with van der Waals surface area (Å²) >= 11 is 0. The monoisotopic (exact) mass is 853 g/mol. The Hall–Kier alpha value is -4.05. The van der Waals surface area contributed by atoms with Crippen LogP contribution in [0, 0.1) is 0 Å². The van der Waals surface area contributed by atoms with Gasteiger partial charge in [-0.1, -0.05) is 160 Å². The van der Waals surface area contributed by atoms with Crippen molar-refractivity contribution in [2.75, 3.05) is 19.8 Å². The first-order valence-corrected chi connectivity index (χ1v) is 22.2. The molecule has 3 heterocycles. The first kappa shape index (κ1) is 46.0. The van der Waals surface area contributed by atoms with Crippen LogP contribution in [0.3, 0.4) is 0 Å². The number of hydrogen-bond acceptors (Lipinski definition) is 12. The van der Waals surface area contributed by atoms with Crippen LogP contribution in [0.5, 0.6) is 0 Å². The van der Waals surface area contributed by atoms with E-state index in [1.165, 1.54) is 26.2 Å². The quantitative estimate of drug-likeness (QED) is 0.0607. The van der Waals surface area contributed by atoms with Gasteiger partial charge in [-0.15, -0.1) is 0 Å². The topological polar surface area (TPSA) is 135 Å². The maximum absolute atomic E-state index is 13.1. The summed E-state index contributed by atoms with van der Waals surface area (Å²) in [7, 11) is 0. The van der Waals surface area contributed by atoms with Crippen molar-refractivity contribution in [3.05, 3.63) is 144 Å². The molecular formula is C50H63NO11. The fraction of sp³-hybridized carbons (Fsp3) is 0.500. The molecule has 12 nitrogen and oxygen atoms in total. The zero-order valence-electron chi connectivity index (χ0n) is 36.0. The second-order valence-electron chi connectivity index (χ2n) is 16.2. The summed E-state index contributed by atoms with van der Waals surface area (Å²) in [5.41, 5.74) is 10.8. The van der Waals surface area contributed by atoms with Crippen LogP contribution in [0.4, 0.5) is 0 Å². The minimum absolute atomic E-state index is 0.114. The van der Waals surface area contributed by atoms with E-state index in [1.807, 2.05) is 121 Å². The molecule has 0 amide bonds. The number of esters is 1. The number of unbranched alkanes of at least 4 members (excludes halogenated alkanes) is 5. The van der Waals surface area contributed by atoms with Crippen molar-refractivity contribution in [3.8, 4) is 0 Å². The smallest absolute Gasteiger partial charge is 0.303 e. The van der Waals surface area contributed by atoms with E-state index in [9.17, 15) is 4.79 Å². The molecule has 3 fully saturated rings. The van der Waals surface area contributed by atoms with Crippen molar-refractivity contribution in [3.63, 3.8) is 0 Å². The highest BCUT2D eigenvalue weighted by molar-refractivity contribution is 5.66. The molecule has 62 heavy (non-hydrogen) atoms. The molecule has 0 radical (unpaired) electrons. The molecule has 4 aromatic carbocycles. The van der Waals surface area contributed by atoms with E-state index in [1.54, 1.807) is 0 Å².